The van der Waals surface area contributed by atoms with E-state index in [9.17, 15) is 0 Å². The smallest absolute Gasteiger partial charge is 0.125 e. The molecule has 0 spiro atoms. The summed E-state index contributed by atoms with van der Waals surface area (Å²) in [5.74, 6) is 0.452. The molecule has 1 rings (SSSR count). The molecule has 0 bridgehead atoms. The standard InChI is InChI=1S/C9H17N3S/c1-4-12(5-2)9(13)8-7(3)6-10-11-8/h7,10H,4-6H2,1-3H3. The molecule has 0 amide bonds. The quantitative estimate of drug-likeness (QED) is 0.693. The fourth-order valence-corrected chi connectivity index (χ4v) is 1.91. The Morgan fingerprint density at radius 3 is 2.62 bits per heavy atom. The average molecular weight is 199 g/mol. The van der Waals surface area contributed by atoms with Crippen LogP contribution in [0.4, 0.5) is 0 Å². The van der Waals surface area contributed by atoms with E-state index < -0.39 is 0 Å². The molecule has 13 heavy (non-hydrogen) atoms. The summed E-state index contributed by atoms with van der Waals surface area (Å²) < 4.78 is 0. The Labute approximate surface area is 85.2 Å². The molecule has 0 saturated heterocycles. The van der Waals surface area contributed by atoms with Crippen LogP contribution in [0.1, 0.15) is 20.8 Å². The van der Waals surface area contributed by atoms with Gasteiger partial charge in [-0.3, -0.25) is 0 Å². The number of nitrogens with one attached hydrogen (secondary N) is 1. The van der Waals surface area contributed by atoms with Crippen LogP contribution in [0.2, 0.25) is 0 Å². The van der Waals surface area contributed by atoms with Gasteiger partial charge in [-0.1, -0.05) is 19.1 Å². The van der Waals surface area contributed by atoms with Gasteiger partial charge in [-0.2, -0.15) is 5.10 Å². The Morgan fingerprint density at radius 2 is 2.23 bits per heavy atom. The van der Waals surface area contributed by atoms with Crippen molar-refractivity contribution in [1.82, 2.24) is 10.3 Å². The zero-order chi connectivity index (χ0) is 9.84. The summed E-state index contributed by atoms with van der Waals surface area (Å²) in [4.78, 5) is 3.07. The monoisotopic (exact) mass is 199 g/mol. The lowest BCUT2D eigenvalue weighted by Gasteiger charge is -2.22. The van der Waals surface area contributed by atoms with Gasteiger partial charge < -0.3 is 10.3 Å². The molecule has 0 fully saturated rings. The molecule has 74 valence electrons. The van der Waals surface area contributed by atoms with Crippen molar-refractivity contribution in [3.8, 4) is 0 Å². The van der Waals surface area contributed by atoms with Crippen LogP contribution in [-0.2, 0) is 0 Å². The minimum Gasteiger partial charge on any atom is -0.362 e. The van der Waals surface area contributed by atoms with E-state index in [4.69, 9.17) is 12.2 Å². The lowest BCUT2D eigenvalue weighted by Crippen LogP contribution is -2.36. The maximum Gasteiger partial charge on any atom is 0.125 e. The van der Waals surface area contributed by atoms with E-state index in [2.05, 4.69) is 36.2 Å². The van der Waals surface area contributed by atoms with E-state index in [0.29, 0.717) is 5.92 Å². The molecule has 0 saturated carbocycles. The Bertz CT molecular complexity index is 221. The van der Waals surface area contributed by atoms with E-state index in [1.54, 1.807) is 0 Å². The highest BCUT2D eigenvalue weighted by atomic mass is 32.1. The molecule has 1 atom stereocenters. The normalized spacial score (nSPS) is 20.8. The highest BCUT2D eigenvalue weighted by molar-refractivity contribution is 7.82. The van der Waals surface area contributed by atoms with Gasteiger partial charge in [0.25, 0.3) is 0 Å². The molecular weight excluding hydrogens is 182 g/mol. The maximum atomic E-state index is 5.37. The van der Waals surface area contributed by atoms with Crippen molar-refractivity contribution in [3.63, 3.8) is 0 Å². The molecule has 0 aromatic rings. The van der Waals surface area contributed by atoms with Gasteiger partial charge in [0.2, 0.25) is 0 Å². The Kier molecular flexibility index (Phi) is 3.66. The van der Waals surface area contributed by atoms with Crippen LogP contribution in [0, 0.1) is 5.92 Å². The van der Waals surface area contributed by atoms with Gasteiger partial charge in [0.15, 0.2) is 0 Å². The molecule has 1 aliphatic rings. The summed E-state index contributed by atoms with van der Waals surface area (Å²) in [6, 6.07) is 0. The van der Waals surface area contributed by atoms with Crippen LogP contribution in [0.5, 0.6) is 0 Å². The molecular formula is C9H17N3S. The van der Waals surface area contributed by atoms with Gasteiger partial charge in [0, 0.05) is 25.6 Å². The molecule has 1 aliphatic heterocycles. The Hall–Kier alpha value is -0.640. The first-order chi connectivity index (χ1) is 6.20. The first kappa shape index (κ1) is 10.4. The third-order valence-electron chi connectivity index (χ3n) is 2.33. The molecule has 4 heteroatoms. The second-order valence-corrected chi connectivity index (χ2v) is 3.62. The first-order valence-electron chi connectivity index (χ1n) is 4.80. The lowest BCUT2D eigenvalue weighted by molar-refractivity contribution is 0.477. The Balaban J connectivity index is 2.66. The van der Waals surface area contributed by atoms with Gasteiger partial charge in [-0.15, -0.1) is 0 Å². The van der Waals surface area contributed by atoms with Crippen molar-refractivity contribution >= 4 is 22.9 Å². The van der Waals surface area contributed by atoms with E-state index in [0.717, 1.165) is 30.3 Å². The second-order valence-electron chi connectivity index (χ2n) is 3.24. The number of rotatable bonds is 3. The number of nitrogens with zero attached hydrogens (tertiary/aromatic N) is 2. The molecule has 0 aliphatic carbocycles. The molecule has 3 nitrogen and oxygen atoms in total. The summed E-state index contributed by atoms with van der Waals surface area (Å²) in [6.45, 7) is 9.21. The van der Waals surface area contributed by atoms with E-state index in [-0.39, 0.29) is 0 Å². The summed E-state index contributed by atoms with van der Waals surface area (Å²) >= 11 is 5.37. The minimum atomic E-state index is 0.452. The zero-order valence-corrected chi connectivity index (χ0v) is 9.32. The third-order valence-corrected chi connectivity index (χ3v) is 2.80. The van der Waals surface area contributed by atoms with Crippen LogP contribution < -0.4 is 5.43 Å². The number of hydrazone groups is 1. The largest absolute Gasteiger partial charge is 0.362 e. The van der Waals surface area contributed by atoms with E-state index in [1.807, 2.05) is 0 Å². The van der Waals surface area contributed by atoms with Crippen molar-refractivity contribution in [2.75, 3.05) is 19.6 Å². The van der Waals surface area contributed by atoms with E-state index in [1.165, 1.54) is 0 Å². The summed E-state index contributed by atoms with van der Waals surface area (Å²) in [6.07, 6.45) is 0. The topological polar surface area (TPSA) is 27.6 Å². The average Bonchev–Trinajstić information content (AvgIpc) is 2.53. The number of thiocarbonyl (C=S) groups is 1. The lowest BCUT2D eigenvalue weighted by atomic mass is 10.1. The minimum absolute atomic E-state index is 0.452. The van der Waals surface area contributed by atoms with Crippen molar-refractivity contribution in [2.45, 2.75) is 20.8 Å². The van der Waals surface area contributed by atoms with Crippen LogP contribution in [0.3, 0.4) is 0 Å². The molecule has 0 aromatic carbocycles. The highest BCUT2D eigenvalue weighted by Gasteiger charge is 2.22. The van der Waals surface area contributed by atoms with Gasteiger partial charge >= 0.3 is 0 Å². The van der Waals surface area contributed by atoms with Crippen molar-refractivity contribution in [1.29, 1.82) is 0 Å². The summed E-state index contributed by atoms with van der Waals surface area (Å²) in [5, 5.41) is 4.22. The van der Waals surface area contributed by atoms with Crippen LogP contribution in [0.25, 0.3) is 0 Å². The summed E-state index contributed by atoms with van der Waals surface area (Å²) in [7, 11) is 0. The fourth-order valence-electron chi connectivity index (χ4n) is 1.41. The number of hydrogen-bond acceptors (Lipinski definition) is 3. The van der Waals surface area contributed by atoms with E-state index >= 15 is 0 Å². The van der Waals surface area contributed by atoms with Gasteiger partial charge in [-0.25, -0.2) is 0 Å². The molecule has 1 heterocycles. The molecule has 0 radical (unpaired) electrons. The van der Waals surface area contributed by atoms with Crippen LogP contribution in [-0.4, -0.2) is 35.2 Å². The van der Waals surface area contributed by atoms with Gasteiger partial charge in [0.1, 0.15) is 4.99 Å². The Morgan fingerprint density at radius 1 is 1.62 bits per heavy atom. The number of hydrogen-bond donors (Lipinski definition) is 1. The SMILES string of the molecule is CCN(CC)C(=S)C1=NNCC1C. The van der Waals surface area contributed by atoms with Crippen LogP contribution >= 0.6 is 12.2 Å². The highest BCUT2D eigenvalue weighted by Crippen LogP contribution is 2.08. The van der Waals surface area contributed by atoms with Gasteiger partial charge in [-0.05, 0) is 13.8 Å². The zero-order valence-electron chi connectivity index (χ0n) is 8.50. The molecule has 1 unspecified atom stereocenters. The molecule has 1 N–H and O–H groups in total. The predicted octanol–water partition coefficient (Wildman–Crippen LogP) is 1.25. The van der Waals surface area contributed by atoms with Crippen LogP contribution in [0.15, 0.2) is 5.10 Å². The predicted molar refractivity (Wildman–Crippen MR) is 60.1 cm³/mol. The third kappa shape index (κ3) is 2.18. The molecule has 0 aromatic heterocycles. The van der Waals surface area contributed by atoms with Crippen molar-refractivity contribution in [3.05, 3.63) is 0 Å². The van der Waals surface area contributed by atoms with Gasteiger partial charge in [0.05, 0.1) is 5.71 Å². The second kappa shape index (κ2) is 4.56. The fraction of sp³-hybridized carbons (Fsp3) is 0.778. The summed E-state index contributed by atoms with van der Waals surface area (Å²) in [5.41, 5.74) is 4.02. The maximum absolute atomic E-state index is 5.37. The van der Waals surface area contributed by atoms with Crippen molar-refractivity contribution in [2.24, 2.45) is 11.0 Å². The first-order valence-corrected chi connectivity index (χ1v) is 5.21. The van der Waals surface area contributed by atoms with Crippen molar-refractivity contribution < 1.29 is 0 Å².